The summed E-state index contributed by atoms with van der Waals surface area (Å²) in [5.41, 5.74) is 2.34. The molecule has 0 aliphatic heterocycles. The van der Waals surface area contributed by atoms with Gasteiger partial charge < -0.3 is 5.11 Å². The Bertz CT molecular complexity index is 1260. The maximum Gasteiger partial charge on any atom is 0.0846 e. The molecule has 0 atom stereocenters. The van der Waals surface area contributed by atoms with E-state index in [9.17, 15) is 5.11 Å². The molecule has 5 aromatic carbocycles. The lowest BCUT2D eigenvalue weighted by Gasteiger charge is -2.23. The quantitative estimate of drug-likeness (QED) is 0.366. The first-order chi connectivity index (χ1) is 12.5. The van der Waals surface area contributed by atoms with Crippen LogP contribution in [-0.4, -0.2) is 5.11 Å². The molecule has 0 heterocycles. The van der Waals surface area contributed by atoms with Crippen molar-refractivity contribution in [3.8, 4) is 11.1 Å². The van der Waals surface area contributed by atoms with E-state index >= 15 is 0 Å². The summed E-state index contributed by atoms with van der Waals surface area (Å²) in [6, 6.07) is 27.9. The molecule has 0 aromatic heterocycles. The molecule has 0 spiro atoms. The molecular weight excluding hydrogens is 316 g/mol. The first-order valence-corrected chi connectivity index (χ1v) is 9.03. The van der Waals surface area contributed by atoms with Crippen LogP contribution in [0.25, 0.3) is 43.4 Å². The summed E-state index contributed by atoms with van der Waals surface area (Å²) in [7, 11) is 0. The van der Waals surface area contributed by atoms with Crippen LogP contribution in [-0.2, 0) is 5.60 Å². The van der Waals surface area contributed by atoms with E-state index in [2.05, 4.69) is 60.7 Å². The van der Waals surface area contributed by atoms with Gasteiger partial charge in [-0.25, -0.2) is 0 Å². The molecule has 0 amide bonds. The lowest BCUT2D eigenvalue weighted by Crippen LogP contribution is -2.16. The summed E-state index contributed by atoms with van der Waals surface area (Å²) in [5, 5.41) is 18.4. The highest BCUT2D eigenvalue weighted by atomic mass is 16.3. The molecule has 1 N–H and O–H groups in total. The first-order valence-electron chi connectivity index (χ1n) is 9.03. The Hall–Kier alpha value is -2.90. The third-order valence-electron chi connectivity index (χ3n) is 5.38. The van der Waals surface area contributed by atoms with Gasteiger partial charge in [-0.1, -0.05) is 72.8 Å². The van der Waals surface area contributed by atoms with Crippen molar-refractivity contribution < 1.29 is 5.11 Å². The van der Waals surface area contributed by atoms with Crippen molar-refractivity contribution in [2.24, 2.45) is 0 Å². The smallest absolute Gasteiger partial charge is 0.0846 e. The van der Waals surface area contributed by atoms with Crippen LogP contribution in [0.2, 0.25) is 0 Å². The highest BCUT2D eigenvalue weighted by Crippen LogP contribution is 2.42. The Morgan fingerprint density at radius 3 is 2.04 bits per heavy atom. The van der Waals surface area contributed by atoms with Crippen molar-refractivity contribution in [1.82, 2.24) is 0 Å². The van der Waals surface area contributed by atoms with Gasteiger partial charge in [0, 0.05) is 0 Å². The summed E-state index contributed by atoms with van der Waals surface area (Å²) < 4.78 is 0. The third kappa shape index (κ3) is 2.14. The molecular formula is C25H20O. The molecule has 0 bridgehead atoms. The normalized spacial score (nSPS) is 12.4. The van der Waals surface area contributed by atoms with Gasteiger partial charge in [0.15, 0.2) is 0 Å². The zero-order valence-electron chi connectivity index (χ0n) is 15.0. The van der Waals surface area contributed by atoms with Gasteiger partial charge in [0.1, 0.15) is 0 Å². The van der Waals surface area contributed by atoms with Crippen LogP contribution in [0, 0.1) is 0 Å². The van der Waals surface area contributed by atoms with Crippen molar-refractivity contribution in [2.45, 2.75) is 19.4 Å². The SMILES string of the molecule is CC(C)(O)c1ccccc1-c1cc2cccc3ccc4cccc1c4c32. The maximum atomic E-state index is 10.7. The molecule has 0 saturated carbocycles. The molecule has 5 aromatic rings. The van der Waals surface area contributed by atoms with Crippen LogP contribution in [0.4, 0.5) is 0 Å². The molecule has 26 heavy (non-hydrogen) atoms. The van der Waals surface area contributed by atoms with Crippen molar-refractivity contribution in [3.05, 3.63) is 84.4 Å². The highest BCUT2D eigenvalue weighted by molar-refractivity contribution is 6.26. The topological polar surface area (TPSA) is 20.2 Å². The molecule has 0 aliphatic carbocycles. The zero-order valence-corrected chi connectivity index (χ0v) is 15.0. The van der Waals surface area contributed by atoms with Gasteiger partial charge >= 0.3 is 0 Å². The lowest BCUT2D eigenvalue weighted by atomic mass is 9.84. The molecule has 5 rings (SSSR count). The molecule has 126 valence electrons. The summed E-state index contributed by atoms with van der Waals surface area (Å²) in [6.45, 7) is 3.70. The standard InChI is InChI=1S/C25H20O/c1-25(2,26)22-12-4-3-10-19(22)21-15-18-9-5-7-16-13-14-17-8-6-11-20(21)24(17)23(16)18/h3-15,26H,1-2H3. The minimum absolute atomic E-state index is 0.895. The van der Waals surface area contributed by atoms with Gasteiger partial charge in [0.05, 0.1) is 5.60 Å². The van der Waals surface area contributed by atoms with Gasteiger partial charge in [-0.05, 0) is 68.9 Å². The second-order valence-corrected chi connectivity index (χ2v) is 7.58. The van der Waals surface area contributed by atoms with E-state index in [4.69, 9.17) is 0 Å². The maximum absolute atomic E-state index is 10.7. The van der Waals surface area contributed by atoms with Gasteiger partial charge in [-0.2, -0.15) is 0 Å². The number of aliphatic hydroxyl groups is 1. The predicted molar refractivity (Wildman–Crippen MR) is 111 cm³/mol. The van der Waals surface area contributed by atoms with Crippen LogP contribution < -0.4 is 0 Å². The van der Waals surface area contributed by atoms with Crippen molar-refractivity contribution in [2.75, 3.05) is 0 Å². The van der Waals surface area contributed by atoms with Crippen molar-refractivity contribution >= 4 is 32.3 Å². The molecule has 1 heteroatoms. The summed E-state index contributed by atoms with van der Waals surface area (Å²) >= 11 is 0. The Labute approximate surface area is 152 Å². The predicted octanol–water partition coefficient (Wildman–Crippen LogP) is 6.48. The van der Waals surface area contributed by atoms with Gasteiger partial charge in [-0.15, -0.1) is 0 Å². The van der Waals surface area contributed by atoms with E-state index in [1.807, 2.05) is 32.0 Å². The average molecular weight is 336 g/mol. The van der Waals surface area contributed by atoms with Crippen LogP contribution in [0.1, 0.15) is 19.4 Å². The largest absolute Gasteiger partial charge is 0.386 e. The molecule has 0 unspecified atom stereocenters. The molecule has 1 nitrogen and oxygen atoms in total. The van der Waals surface area contributed by atoms with E-state index in [0.717, 1.165) is 11.1 Å². The summed E-state index contributed by atoms with van der Waals surface area (Å²) in [5.74, 6) is 0. The van der Waals surface area contributed by atoms with Crippen LogP contribution in [0.3, 0.4) is 0 Å². The minimum Gasteiger partial charge on any atom is -0.386 e. The zero-order chi connectivity index (χ0) is 17.9. The highest BCUT2D eigenvalue weighted by Gasteiger charge is 2.22. The van der Waals surface area contributed by atoms with Gasteiger partial charge in [0.25, 0.3) is 0 Å². The van der Waals surface area contributed by atoms with Gasteiger partial charge in [0.2, 0.25) is 0 Å². The summed E-state index contributed by atoms with van der Waals surface area (Å²) in [6.07, 6.45) is 0. The molecule has 0 aliphatic rings. The Morgan fingerprint density at radius 2 is 1.27 bits per heavy atom. The van der Waals surface area contributed by atoms with Crippen molar-refractivity contribution in [3.63, 3.8) is 0 Å². The Kier molecular flexibility index (Phi) is 3.13. The van der Waals surface area contributed by atoms with E-state index in [1.54, 1.807) is 0 Å². The lowest BCUT2D eigenvalue weighted by molar-refractivity contribution is 0.0792. The second-order valence-electron chi connectivity index (χ2n) is 7.58. The second kappa shape index (κ2) is 5.30. The van der Waals surface area contributed by atoms with E-state index < -0.39 is 5.60 Å². The van der Waals surface area contributed by atoms with Crippen LogP contribution in [0.5, 0.6) is 0 Å². The average Bonchev–Trinajstić information content (AvgIpc) is 2.65. The first kappa shape index (κ1) is 15.4. The number of rotatable bonds is 2. The fourth-order valence-electron chi connectivity index (χ4n) is 4.24. The number of hydrogen-bond donors (Lipinski definition) is 1. The van der Waals surface area contributed by atoms with E-state index in [-0.39, 0.29) is 0 Å². The molecule has 0 fully saturated rings. The molecule has 0 radical (unpaired) electrons. The summed E-state index contributed by atoms with van der Waals surface area (Å²) in [4.78, 5) is 0. The molecule has 0 saturated heterocycles. The fourth-order valence-corrected chi connectivity index (χ4v) is 4.24. The Morgan fingerprint density at radius 1 is 0.615 bits per heavy atom. The fraction of sp³-hybridized carbons (Fsp3) is 0.120. The van der Waals surface area contributed by atoms with E-state index in [1.165, 1.54) is 37.9 Å². The minimum atomic E-state index is -0.895. The number of benzene rings is 5. The Balaban J connectivity index is 2.00. The van der Waals surface area contributed by atoms with Crippen LogP contribution in [0.15, 0.2) is 78.9 Å². The van der Waals surface area contributed by atoms with Crippen LogP contribution >= 0.6 is 0 Å². The monoisotopic (exact) mass is 336 g/mol. The van der Waals surface area contributed by atoms with Gasteiger partial charge in [-0.3, -0.25) is 0 Å². The van der Waals surface area contributed by atoms with E-state index in [0.29, 0.717) is 0 Å². The third-order valence-corrected chi connectivity index (χ3v) is 5.38. The number of hydrogen-bond acceptors (Lipinski definition) is 1. The van der Waals surface area contributed by atoms with Crippen molar-refractivity contribution in [1.29, 1.82) is 0 Å².